The van der Waals surface area contributed by atoms with Gasteiger partial charge in [-0.15, -0.1) is 8.42 Å². The lowest BCUT2D eigenvalue weighted by molar-refractivity contribution is -0.320. The van der Waals surface area contributed by atoms with Gasteiger partial charge in [0, 0.05) is 6.92 Å². The van der Waals surface area contributed by atoms with E-state index in [9.17, 15) is 23.3 Å². The fraction of sp³-hybridized carbons (Fsp3) is 0.500. The summed E-state index contributed by atoms with van der Waals surface area (Å²) in [6, 6.07) is 0. The number of carbonyl (C=O) groups is 1. The standard InChI is InChI=1S/C2H4N2O6S/c1-2(5)3-10-11(8,9)4(6)7/h1H3,(H,3,5). The number of amides is 1. The first-order valence-electron chi connectivity index (χ1n) is 2.21. The molecule has 0 unspecified atom stereocenters. The van der Waals surface area contributed by atoms with Gasteiger partial charge in [0.1, 0.15) is 0 Å². The topological polar surface area (TPSA) is 116 Å². The molecule has 0 bridgehead atoms. The molecule has 0 heterocycles. The van der Waals surface area contributed by atoms with E-state index in [1.165, 1.54) is 5.48 Å². The van der Waals surface area contributed by atoms with Gasteiger partial charge in [-0.3, -0.25) is 4.79 Å². The molecular weight excluding hydrogens is 180 g/mol. The number of carbonyl (C=O) groups excluding carboxylic acids is 1. The second-order valence-corrected chi connectivity index (χ2v) is 2.71. The Labute approximate surface area is 61.5 Å². The summed E-state index contributed by atoms with van der Waals surface area (Å²) in [5.74, 6) is -0.851. The molecule has 64 valence electrons. The first-order chi connectivity index (χ1) is 4.86. The van der Waals surface area contributed by atoms with Crippen LogP contribution in [0.5, 0.6) is 0 Å². The fourth-order valence-electron chi connectivity index (χ4n) is 0.142. The molecule has 0 aromatic rings. The highest BCUT2D eigenvalue weighted by molar-refractivity contribution is 7.80. The maximum atomic E-state index is 10.1. The molecule has 0 fully saturated rings. The highest BCUT2D eigenvalue weighted by atomic mass is 32.2. The Balaban J connectivity index is 4.17. The number of hydroxylamine groups is 1. The molecule has 11 heavy (non-hydrogen) atoms. The predicted molar refractivity (Wildman–Crippen MR) is 30.8 cm³/mol. The molecule has 9 heteroatoms. The van der Waals surface area contributed by atoms with E-state index < -0.39 is 20.5 Å². The van der Waals surface area contributed by atoms with Crippen molar-refractivity contribution in [1.29, 1.82) is 0 Å². The lowest BCUT2D eigenvalue weighted by atomic mass is 10.8. The molecule has 0 saturated heterocycles. The van der Waals surface area contributed by atoms with E-state index in [1.807, 2.05) is 0 Å². The van der Waals surface area contributed by atoms with E-state index in [0.717, 1.165) is 6.92 Å². The molecule has 0 spiro atoms. The Morgan fingerprint density at radius 2 is 2.09 bits per heavy atom. The van der Waals surface area contributed by atoms with Crippen molar-refractivity contribution in [2.75, 3.05) is 0 Å². The van der Waals surface area contributed by atoms with Crippen molar-refractivity contribution < 1.29 is 21.8 Å². The van der Waals surface area contributed by atoms with Crippen LogP contribution in [-0.2, 0) is 19.4 Å². The molecule has 0 aliphatic heterocycles. The van der Waals surface area contributed by atoms with Crippen LogP contribution < -0.4 is 5.48 Å². The van der Waals surface area contributed by atoms with Gasteiger partial charge in [-0.05, 0) is 0 Å². The minimum atomic E-state index is -4.90. The minimum Gasteiger partial charge on any atom is -0.273 e. The fourth-order valence-corrected chi connectivity index (χ4v) is 0.425. The zero-order valence-electron chi connectivity index (χ0n) is 5.30. The Hall–Kier alpha value is -1.22. The van der Waals surface area contributed by atoms with E-state index in [2.05, 4.69) is 4.28 Å². The third-order valence-electron chi connectivity index (χ3n) is 0.473. The van der Waals surface area contributed by atoms with Crippen LogP contribution in [0.3, 0.4) is 0 Å². The molecule has 0 aromatic heterocycles. The van der Waals surface area contributed by atoms with Gasteiger partial charge < -0.3 is 0 Å². The SMILES string of the molecule is CC(=O)NOS(=O)(=O)[N+](=O)[O-]. The number of rotatable bonds is 3. The maximum absolute atomic E-state index is 10.1. The smallest absolute Gasteiger partial charge is 0.273 e. The van der Waals surface area contributed by atoms with Crippen molar-refractivity contribution in [3.63, 3.8) is 0 Å². The molecule has 0 aliphatic carbocycles. The van der Waals surface area contributed by atoms with Crippen LogP contribution in [0.2, 0.25) is 0 Å². The highest BCUT2D eigenvalue weighted by Crippen LogP contribution is 1.88. The molecule has 0 atom stereocenters. The number of nitrogens with one attached hydrogen (secondary N) is 1. The predicted octanol–water partition coefficient (Wildman–Crippen LogP) is -1.42. The van der Waals surface area contributed by atoms with E-state index in [-0.39, 0.29) is 0 Å². The summed E-state index contributed by atoms with van der Waals surface area (Å²) in [5, 5.41) is 9.57. The zero-order valence-corrected chi connectivity index (χ0v) is 6.12. The Bertz CT molecular complexity index is 266. The van der Waals surface area contributed by atoms with E-state index >= 15 is 0 Å². The molecule has 0 rings (SSSR count). The quantitative estimate of drug-likeness (QED) is 0.424. The molecular formula is C2H4N2O6S. The van der Waals surface area contributed by atoms with E-state index in [0.29, 0.717) is 0 Å². The Morgan fingerprint density at radius 3 is 2.36 bits per heavy atom. The van der Waals surface area contributed by atoms with Gasteiger partial charge in [0.15, 0.2) is 4.33 Å². The van der Waals surface area contributed by atoms with Crippen LogP contribution >= 0.6 is 0 Å². The molecule has 8 nitrogen and oxygen atoms in total. The summed E-state index contributed by atoms with van der Waals surface area (Å²) in [6.45, 7) is 0.940. The van der Waals surface area contributed by atoms with Gasteiger partial charge in [-0.25, -0.2) is 15.6 Å². The highest BCUT2D eigenvalue weighted by Gasteiger charge is 2.26. The van der Waals surface area contributed by atoms with Crippen molar-refractivity contribution in [2.24, 2.45) is 0 Å². The van der Waals surface area contributed by atoms with Gasteiger partial charge in [0.2, 0.25) is 5.91 Å². The zero-order chi connectivity index (χ0) is 9.07. The molecule has 1 amide bonds. The molecule has 0 aliphatic rings. The molecule has 0 saturated carbocycles. The van der Waals surface area contributed by atoms with Crippen molar-refractivity contribution in [3.05, 3.63) is 10.1 Å². The van der Waals surface area contributed by atoms with E-state index in [1.54, 1.807) is 0 Å². The number of nitro groups is 1. The number of nitrogens with zero attached hydrogens (tertiary/aromatic N) is 1. The Morgan fingerprint density at radius 1 is 1.64 bits per heavy atom. The first kappa shape index (κ1) is 9.78. The molecule has 0 aromatic carbocycles. The minimum absolute atomic E-state index is 0.851. The van der Waals surface area contributed by atoms with Gasteiger partial charge in [-0.2, -0.15) is 0 Å². The molecule has 0 radical (unpaired) electrons. The van der Waals surface area contributed by atoms with E-state index in [4.69, 9.17) is 0 Å². The number of hydrogen-bond donors (Lipinski definition) is 1. The second-order valence-electron chi connectivity index (χ2n) is 1.39. The van der Waals surface area contributed by atoms with Gasteiger partial charge in [-0.1, -0.05) is 4.28 Å². The van der Waals surface area contributed by atoms with Crippen LogP contribution in [0.15, 0.2) is 0 Å². The summed E-state index contributed by atoms with van der Waals surface area (Å²) < 4.78 is 22.0. The van der Waals surface area contributed by atoms with Crippen molar-refractivity contribution in [1.82, 2.24) is 5.48 Å². The monoisotopic (exact) mass is 184 g/mol. The second kappa shape index (κ2) is 3.25. The summed E-state index contributed by atoms with van der Waals surface area (Å²) in [6.07, 6.45) is 0. The third-order valence-corrected chi connectivity index (χ3v) is 1.13. The van der Waals surface area contributed by atoms with Crippen molar-refractivity contribution in [3.8, 4) is 0 Å². The largest absolute Gasteiger partial charge is 0.588 e. The lowest BCUT2D eigenvalue weighted by Crippen LogP contribution is -2.28. The van der Waals surface area contributed by atoms with Crippen LogP contribution in [0, 0.1) is 10.1 Å². The average molecular weight is 184 g/mol. The van der Waals surface area contributed by atoms with Crippen LogP contribution in [0.25, 0.3) is 0 Å². The van der Waals surface area contributed by atoms with Crippen molar-refractivity contribution in [2.45, 2.75) is 6.92 Å². The van der Waals surface area contributed by atoms with Gasteiger partial charge >= 0.3 is 10.3 Å². The summed E-state index contributed by atoms with van der Waals surface area (Å²) >= 11 is 0. The summed E-state index contributed by atoms with van der Waals surface area (Å²) in [7, 11) is -4.90. The number of hydrogen-bond acceptors (Lipinski definition) is 6. The van der Waals surface area contributed by atoms with Crippen molar-refractivity contribution >= 4 is 16.2 Å². The lowest BCUT2D eigenvalue weighted by Gasteiger charge is -1.94. The average Bonchev–Trinajstić information content (AvgIpc) is 1.84. The third kappa shape index (κ3) is 3.47. The summed E-state index contributed by atoms with van der Waals surface area (Å²) in [5.41, 5.74) is 1.30. The normalized spacial score (nSPS) is 10.6. The first-order valence-corrected chi connectivity index (χ1v) is 3.57. The maximum Gasteiger partial charge on any atom is 0.588 e. The molecule has 1 N–H and O–H groups in total. The van der Waals surface area contributed by atoms with Gasteiger partial charge in [0.05, 0.1) is 0 Å². The van der Waals surface area contributed by atoms with Crippen LogP contribution in [-0.4, -0.2) is 18.7 Å². The summed E-state index contributed by atoms with van der Waals surface area (Å²) in [4.78, 5) is 19.6. The van der Waals surface area contributed by atoms with Crippen LogP contribution in [0.4, 0.5) is 0 Å². The van der Waals surface area contributed by atoms with Gasteiger partial charge in [0.25, 0.3) is 0 Å². The van der Waals surface area contributed by atoms with Crippen LogP contribution in [0.1, 0.15) is 6.92 Å². The Kier molecular flexibility index (Phi) is 2.89.